The van der Waals surface area contributed by atoms with Crippen LogP contribution in [0.3, 0.4) is 0 Å². The Morgan fingerprint density at radius 2 is 1.72 bits per heavy atom. The molecule has 0 aliphatic heterocycles. The molecule has 102 valence electrons. The van der Waals surface area contributed by atoms with Gasteiger partial charge >= 0.3 is 0 Å². The molecule has 0 unspecified atom stereocenters. The van der Waals surface area contributed by atoms with Gasteiger partial charge in [-0.2, -0.15) is 0 Å². The smallest absolute Gasteiger partial charge is 0.153 e. The average Bonchev–Trinajstić information content (AvgIpc) is 2.20. The highest BCUT2D eigenvalue weighted by Crippen LogP contribution is 2.24. The SMILES string of the molecule is CC(C)(CNCc1c(Cl)cccc1Cl)S(C)(=O)=O. The lowest BCUT2D eigenvalue weighted by atomic mass is 10.2. The molecule has 0 bridgehead atoms. The largest absolute Gasteiger partial charge is 0.311 e. The van der Waals surface area contributed by atoms with E-state index in [1.807, 2.05) is 0 Å². The molecule has 6 heteroatoms. The zero-order chi connectivity index (χ0) is 14.0. The van der Waals surface area contributed by atoms with E-state index in [1.165, 1.54) is 6.26 Å². The molecular weight excluding hydrogens is 293 g/mol. The first-order chi connectivity index (χ1) is 8.15. The molecule has 1 aromatic carbocycles. The van der Waals surface area contributed by atoms with Crippen LogP contribution in [-0.4, -0.2) is 26.0 Å². The third-order valence-electron chi connectivity index (χ3n) is 2.92. The molecule has 0 saturated heterocycles. The average molecular weight is 310 g/mol. The predicted octanol–water partition coefficient (Wildman–Crippen LogP) is 2.91. The second kappa shape index (κ2) is 5.78. The molecule has 0 aromatic heterocycles. The molecule has 0 atom stereocenters. The van der Waals surface area contributed by atoms with E-state index in [1.54, 1.807) is 32.0 Å². The molecule has 0 amide bonds. The van der Waals surface area contributed by atoms with Gasteiger partial charge in [0.1, 0.15) is 0 Å². The molecule has 3 nitrogen and oxygen atoms in total. The second-order valence-corrected chi connectivity index (χ2v) is 8.30. The maximum atomic E-state index is 11.5. The molecule has 0 fully saturated rings. The first-order valence-electron chi connectivity index (χ1n) is 5.48. The van der Waals surface area contributed by atoms with E-state index in [9.17, 15) is 8.42 Å². The number of hydrogen-bond donors (Lipinski definition) is 1. The van der Waals surface area contributed by atoms with Crippen LogP contribution in [0.1, 0.15) is 19.4 Å². The minimum atomic E-state index is -3.11. The zero-order valence-corrected chi connectivity index (χ0v) is 13.0. The molecule has 1 aromatic rings. The van der Waals surface area contributed by atoms with Gasteiger partial charge in [-0.3, -0.25) is 0 Å². The van der Waals surface area contributed by atoms with Crippen LogP contribution < -0.4 is 5.32 Å². The fraction of sp³-hybridized carbons (Fsp3) is 0.500. The monoisotopic (exact) mass is 309 g/mol. The van der Waals surface area contributed by atoms with Crippen LogP contribution >= 0.6 is 23.2 Å². The van der Waals surface area contributed by atoms with Crippen LogP contribution in [0, 0.1) is 0 Å². The lowest BCUT2D eigenvalue weighted by molar-refractivity contribution is 0.521. The van der Waals surface area contributed by atoms with Crippen LogP contribution in [0.4, 0.5) is 0 Å². The van der Waals surface area contributed by atoms with Crippen molar-refractivity contribution in [3.05, 3.63) is 33.8 Å². The van der Waals surface area contributed by atoms with E-state index >= 15 is 0 Å². The van der Waals surface area contributed by atoms with Crippen LogP contribution in [0.5, 0.6) is 0 Å². The van der Waals surface area contributed by atoms with Crippen molar-refractivity contribution in [2.24, 2.45) is 0 Å². The summed E-state index contributed by atoms with van der Waals surface area (Å²) in [5, 5.41) is 4.23. The molecule has 0 saturated carbocycles. The van der Waals surface area contributed by atoms with Gasteiger partial charge in [-0.1, -0.05) is 29.3 Å². The van der Waals surface area contributed by atoms with Crippen molar-refractivity contribution < 1.29 is 8.42 Å². The molecule has 1 rings (SSSR count). The standard InChI is InChI=1S/C12H17Cl2NO2S/c1-12(2,18(3,16)17)8-15-7-9-10(13)5-4-6-11(9)14/h4-6,15H,7-8H2,1-3H3. The van der Waals surface area contributed by atoms with Crippen molar-refractivity contribution in [3.63, 3.8) is 0 Å². The van der Waals surface area contributed by atoms with Crippen molar-refractivity contribution in [1.29, 1.82) is 0 Å². The summed E-state index contributed by atoms with van der Waals surface area (Å²) in [6, 6.07) is 5.28. The van der Waals surface area contributed by atoms with Crippen LogP contribution in [0.15, 0.2) is 18.2 Å². The molecule has 0 spiro atoms. The maximum absolute atomic E-state index is 11.5. The third kappa shape index (κ3) is 3.85. The summed E-state index contributed by atoms with van der Waals surface area (Å²) >= 11 is 12.1. The summed E-state index contributed by atoms with van der Waals surface area (Å²) in [6.45, 7) is 4.15. The Labute approximate surface area is 118 Å². The number of rotatable bonds is 5. The predicted molar refractivity (Wildman–Crippen MR) is 77.1 cm³/mol. The summed E-state index contributed by atoms with van der Waals surface area (Å²) < 4.78 is 22.3. The van der Waals surface area contributed by atoms with Crippen molar-refractivity contribution in [2.75, 3.05) is 12.8 Å². The Morgan fingerprint density at radius 3 is 2.17 bits per heavy atom. The normalized spacial score (nSPS) is 12.7. The van der Waals surface area contributed by atoms with Gasteiger partial charge in [-0.25, -0.2) is 8.42 Å². The van der Waals surface area contributed by atoms with E-state index < -0.39 is 14.6 Å². The van der Waals surface area contributed by atoms with Gasteiger partial charge in [-0.05, 0) is 26.0 Å². The van der Waals surface area contributed by atoms with E-state index in [0.29, 0.717) is 23.1 Å². The van der Waals surface area contributed by atoms with E-state index in [0.717, 1.165) is 5.56 Å². The summed E-state index contributed by atoms with van der Waals surface area (Å²) in [6.07, 6.45) is 1.23. The summed E-state index contributed by atoms with van der Waals surface area (Å²) in [5.74, 6) is 0. The molecule has 0 aliphatic rings. The summed E-state index contributed by atoms with van der Waals surface area (Å²) in [4.78, 5) is 0. The van der Waals surface area contributed by atoms with E-state index in [4.69, 9.17) is 23.2 Å². The Bertz CT molecular complexity index is 507. The number of hydrogen-bond acceptors (Lipinski definition) is 3. The number of sulfone groups is 1. The number of halogens is 2. The van der Waals surface area contributed by atoms with Gasteiger partial charge in [0.05, 0.1) is 4.75 Å². The van der Waals surface area contributed by atoms with Gasteiger partial charge in [0.15, 0.2) is 9.84 Å². The first kappa shape index (κ1) is 15.8. The summed E-state index contributed by atoms with van der Waals surface area (Å²) in [5.41, 5.74) is 0.783. The fourth-order valence-electron chi connectivity index (χ4n) is 1.32. The molecule has 0 aliphatic carbocycles. The maximum Gasteiger partial charge on any atom is 0.153 e. The third-order valence-corrected chi connectivity index (χ3v) is 5.78. The highest BCUT2D eigenvalue weighted by molar-refractivity contribution is 7.92. The van der Waals surface area contributed by atoms with Crippen LogP contribution in [0.2, 0.25) is 10.0 Å². The number of nitrogens with one attached hydrogen (secondary N) is 1. The van der Waals surface area contributed by atoms with Gasteiger partial charge in [0.2, 0.25) is 0 Å². The highest BCUT2D eigenvalue weighted by atomic mass is 35.5. The highest BCUT2D eigenvalue weighted by Gasteiger charge is 2.29. The molecule has 1 N–H and O–H groups in total. The van der Waals surface area contributed by atoms with Crippen molar-refractivity contribution in [2.45, 2.75) is 25.1 Å². The topological polar surface area (TPSA) is 46.2 Å². The van der Waals surface area contributed by atoms with E-state index in [-0.39, 0.29) is 0 Å². The Kier molecular flexibility index (Phi) is 5.06. The van der Waals surface area contributed by atoms with Crippen LogP contribution in [0.25, 0.3) is 0 Å². The molecule has 18 heavy (non-hydrogen) atoms. The van der Waals surface area contributed by atoms with E-state index in [2.05, 4.69) is 5.32 Å². The Balaban J connectivity index is 2.68. The lowest BCUT2D eigenvalue weighted by Gasteiger charge is -2.23. The van der Waals surface area contributed by atoms with Gasteiger partial charge in [0.25, 0.3) is 0 Å². The Hall–Kier alpha value is -0.290. The second-order valence-electron chi connectivity index (χ2n) is 4.84. The molecule has 0 heterocycles. The minimum Gasteiger partial charge on any atom is -0.311 e. The fourth-order valence-corrected chi connectivity index (χ4v) is 2.22. The van der Waals surface area contributed by atoms with Gasteiger partial charge in [0, 0.05) is 35.0 Å². The Morgan fingerprint density at radius 1 is 1.22 bits per heavy atom. The quantitative estimate of drug-likeness (QED) is 0.909. The van der Waals surface area contributed by atoms with Crippen molar-refractivity contribution >= 4 is 33.0 Å². The minimum absolute atomic E-state index is 0.341. The molecular formula is C12H17Cl2NO2S. The van der Waals surface area contributed by atoms with Gasteiger partial charge < -0.3 is 5.32 Å². The molecule has 0 radical (unpaired) electrons. The zero-order valence-electron chi connectivity index (χ0n) is 10.6. The summed E-state index contributed by atoms with van der Waals surface area (Å²) in [7, 11) is -3.11. The van der Waals surface area contributed by atoms with Crippen molar-refractivity contribution in [3.8, 4) is 0 Å². The number of benzene rings is 1. The van der Waals surface area contributed by atoms with Crippen molar-refractivity contribution in [1.82, 2.24) is 5.32 Å². The van der Waals surface area contributed by atoms with Gasteiger partial charge in [-0.15, -0.1) is 0 Å². The lowest BCUT2D eigenvalue weighted by Crippen LogP contribution is -2.41. The first-order valence-corrected chi connectivity index (χ1v) is 8.13. The van der Waals surface area contributed by atoms with Crippen LogP contribution in [-0.2, 0) is 16.4 Å².